The number of anilines is 1. The van der Waals surface area contributed by atoms with Gasteiger partial charge in [-0.15, -0.1) is 0 Å². The second kappa shape index (κ2) is 7.71. The molecule has 3 aromatic rings. The number of rotatable bonds is 5. The van der Waals surface area contributed by atoms with E-state index in [1.165, 1.54) is 0 Å². The van der Waals surface area contributed by atoms with E-state index in [4.69, 9.17) is 21.5 Å². The first-order valence-electron chi connectivity index (χ1n) is 7.58. The summed E-state index contributed by atoms with van der Waals surface area (Å²) in [6.45, 7) is 2.30. The molecule has 2 heterocycles. The third-order valence-electron chi connectivity index (χ3n) is 3.37. The number of aromatic nitrogens is 3. The molecule has 2 aromatic heterocycles. The molecule has 0 unspecified atom stereocenters. The van der Waals surface area contributed by atoms with E-state index < -0.39 is 0 Å². The summed E-state index contributed by atoms with van der Waals surface area (Å²) in [5.41, 5.74) is 1.93. The number of pyridine rings is 1. The number of ether oxygens (including phenoxy) is 1. The van der Waals surface area contributed by atoms with Gasteiger partial charge in [0.2, 0.25) is 11.7 Å². The highest BCUT2D eigenvalue weighted by Crippen LogP contribution is 2.19. The van der Waals surface area contributed by atoms with Gasteiger partial charge in [-0.25, -0.2) is 4.98 Å². The van der Waals surface area contributed by atoms with Crippen LogP contribution in [0.4, 0.5) is 5.82 Å². The van der Waals surface area contributed by atoms with E-state index in [-0.39, 0.29) is 0 Å². The van der Waals surface area contributed by atoms with Crippen molar-refractivity contribution < 1.29 is 9.26 Å². The molecule has 128 valence electrons. The zero-order valence-electron chi connectivity index (χ0n) is 13.8. The molecule has 0 saturated carbocycles. The van der Waals surface area contributed by atoms with E-state index in [1.54, 1.807) is 13.3 Å². The predicted molar refractivity (Wildman–Crippen MR) is 98.3 cm³/mol. The van der Waals surface area contributed by atoms with Crippen LogP contribution in [-0.2, 0) is 6.54 Å². The maximum absolute atomic E-state index is 5.23. The first-order chi connectivity index (χ1) is 12.1. The van der Waals surface area contributed by atoms with Gasteiger partial charge < -0.3 is 19.9 Å². The third-order valence-corrected chi connectivity index (χ3v) is 3.62. The fraction of sp³-hybridized carbons (Fsp3) is 0.176. The quantitative estimate of drug-likeness (QED) is 0.676. The van der Waals surface area contributed by atoms with Crippen molar-refractivity contribution in [1.82, 2.24) is 20.4 Å². The molecule has 0 bridgehead atoms. The fourth-order valence-corrected chi connectivity index (χ4v) is 2.22. The maximum Gasteiger partial charge on any atom is 0.246 e. The number of hydrogen-bond acceptors (Lipinski definition) is 6. The molecule has 0 saturated heterocycles. The number of aryl methyl sites for hydroxylation is 1. The van der Waals surface area contributed by atoms with Gasteiger partial charge in [-0.3, -0.25) is 0 Å². The summed E-state index contributed by atoms with van der Waals surface area (Å²) in [5.74, 6) is 2.40. The lowest BCUT2D eigenvalue weighted by Crippen LogP contribution is -2.28. The first-order valence-corrected chi connectivity index (χ1v) is 7.99. The first kappa shape index (κ1) is 16.8. The van der Waals surface area contributed by atoms with Gasteiger partial charge in [0, 0.05) is 11.8 Å². The van der Waals surface area contributed by atoms with E-state index in [0.717, 1.165) is 16.9 Å². The Bertz CT molecular complexity index is 846. The lowest BCUT2D eigenvalue weighted by molar-refractivity contribution is 0.376. The molecule has 1 aromatic carbocycles. The molecule has 0 aliphatic carbocycles. The normalized spacial score (nSPS) is 10.3. The topological polar surface area (TPSA) is 85.1 Å². The van der Waals surface area contributed by atoms with Crippen molar-refractivity contribution in [3.63, 3.8) is 0 Å². The number of methoxy groups -OCH3 is 1. The van der Waals surface area contributed by atoms with Crippen molar-refractivity contribution in [2.24, 2.45) is 0 Å². The minimum Gasteiger partial charge on any atom is -0.497 e. The maximum atomic E-state index is 5.23. The van der Waals surface area contributed by atoms with E-state index in [0.29, 0.717) is 29.2 Å². The van der Waals surface area contributed by atoms with Crippen LogP contribution in [0.5, 0.6) is 5.75 Å². The van der Waals surface area contributed by atoms with Crippen molar-refractivity contribution >= 4 is 23.1 Å². The smallest absolute Gasteiger partial charge is 0.246 e. The van der Waals surface area contributed by atoms with Crippen LogP contribution in [-0.4, -0.2) is 27.3 Å². The fourth-order valence-electron chi connectivity index (χ4n) is 2.04. The van der Waals surface area contributed by atoms with Gasteiger partial charge in [-0.1, -0.05) is 11.2 Å². The van der Waals surface area contributed by atoms with Crippen LogP contribution in [0.1, 0.15) is 11.5 Å². The Labute approximate surface area is 150 Å². The van der Waals surface area contributed by atoms with Gasteiger partial charge in [0.15, 0.2) is 5.11 Å². The van der Waals surface area contributed by atoms with Gasteiger partial charge in [-0.05, 0) is 55.0 Å². The molecule has 0 amide bonds. The molecule has 0 aliphatic heterocycles. The molecular formula is C17H17N5O2S. The lowest BCUT2D eigenvalue weighted by Gasteiger charge is -2.07. The molecule has 0 aliphatic rings. The monoisotopic (exact) mass is 355 g/mol. The van der Waals surface area contributed by atoms with Crippen molar-refractivity contribution in [2.75, 3.05) is 12.4 Å². The molecule has 25 heavy (non-hydrogen) atoms. The summed E-state index contributed by atoms with van der Waals surface area (Å²) >= 11 is 5.23. The largest absolute Gasteiger partial charge is 0.497 e. The van der Waals surface area contributed by atoms with Gasteiger partial charge in [0.1, 0.15) is 11.6 Å². The van der Waals surface area contributed by atoms with Crippen molar-refractivity contribution in [3.05, 3.63) is 54.0 Å². The van der Waals surface area contributed by atoms with Crippen molar-refractivity contribution in [2.45, 2.75) is 13.5 Å². The Morgan fingerprint density at radius 1 is 1.20 bits per heavy atom. The van der Waals surface area contributed by atoms with E-state index in [2.05, 4.69) is 25.8 Å². The van der Waals surface area contributed by atoms with Crippen LogP contribution < -0.4 is 15.4 Å². The van der Waals surface area contributed by atoms with Crippen molar-refractivity contribution in [3.8, 4) is 17.1 Å². The van der Waals surface area contributed by atoms with E-state index in [9.17, 15) is 0 Å². The zero-order valence-corrected chi connectivity index (χ0v) is 14.6. The number of nitrogens with zero attached hydrogens (tertiary/aromatic N) is 3. The lowest BCUT2D eigenvalue weighted by atomic mass is 10.2. The zero-order chi connectivity index (χ0) is 17.6. The SMILES string of the molecule is COc1ccc(-c2noc(CNC(=S)Nc3ccc(C)cn3)n2)cc1. The van der Waals surface area contributed by atoms with Crippen LogP contribution >= 0.6 is 12.2 Å². The van der Waals surface area contributed by atoms with Gasteiger partial charge in [0.05, 0.1) is 13.7 Å². The molecule has 8 heteroatoms. The summed E-state index contributed by atoms with van der Waals surface area (Å²) < 4.78 is 10.4. The number of nitrogens with one attached hydrogen (secondary N) is 2. The highest BCUT2D eigenvalue weighted by molar-refractivity contribution is 7.80. The van der Waals surface area contributed by atoms with Crippen LogP contribution in [0, 0.1) is 6.92 Å². The average molecular weight is 355 g/mol. The Hall–Kier alpha value is -3.00. The Morgan fingerprint density at radius 2 is 2.00 bits per heavy atom. The molecule has 0 atom stereocenters. The molecule has 3 rings (SSSR count). The van der Waals surface area contributed by atoms with Crippen LogP contribution in [0.15, 0.2) is 47.1 Å². The van der Waals surface area contributed by atoms with Crippen LogP contribution in [0.25, 0.3) is 11.4 Å². The standard InChI is InChI=1S/C17H17N5O2S/c1-11-3-8-14(18-9-11)20-17(25)19-10-15-21-16(22-24-15)12-4-6-13(23-2)7-5-12/h3-9H,10H2,1-2H3,(H2,18,19,20,25). The third kappa shape index (κ3) is 4.51. The number of thiocarbonyl (C=S) groups is 1. The van der Waals surface area contributed by atoms with Gasteiger partial charge >= 0.3 is 0 Å². The minimum absolute atomic E-state index is 0.320. The molecule has 7 nitrogen and oxygen atoms in total. The van der Waals surface area contributed by atoms with Gasteiger partial charge in [0.25, 0.3) is 0 Å². The second-order valence-corrected chi connectivity index (χ2v) is 5.68. The predicted octanol–water partition coefficient (Wildman–Crippen LogP) is 2.94. The van der Waals surface area contributed by atoms with Crippen LogP contribution in [0.3, 0.4) is 0 Å². The summed E-state index contributed by atoms with van der Waals surface area (Å²) in [4.78, 5) is 8.57. The highest BCUT2D eigenvalue weighted by atomic mass is 32.1. The summed E-state index contributed by atoms with van der Waals surface area (Å²) in [5, 5.41) is 10.4. The van der Waals surface area contributed by atoms with E-state index >= 15 is 0 Å². The summed E-state index contributed by atoms with van der Waals surface area (Å²) in [7, 11) is 1.62. The molecule has 0 spiro atoms. The van der Waals surface area contributed by atoms with Crippen LogP contribution in [0.2, 0.25) is 0 Å². The van der Waals surface area contributed by atoms with E-state index in [1.807, 2.05) is 43.3 Å². The number of hydrogen-bond donors (Lipinski definition) is 2. The van der Waals surface area contributed by atoms with Crippen molar-refractivity contribution in [1.29, 1.82) is 0 Å². The Morgan fingerprint density at radius 3 is 2.68 bits per heavy atom. The average Bonchev–Trinajstić information content (AvgIpc) is 3.11. The highest BCUT2D eigenvalue weighted by Gasteiger charge is 2.09. The summed E-state index contributed by atoms with van der Waals surface area (Å²) in [6.07, 6.45) is 1.77. The summed E-state index contributed by atoms with van der Waals surface area (Å²) in [6, 6.07) is 11.2. The number of benzene rings is 1. The molecule has 2 N–H and O–H groups in total. The second-order valence-electron chi connectivity index (χ2n) is 5.27. The molecular weight excluding hydrogens is 338 g/mol. The molecule has 0 fully saturated rings. The Balaban J connectivity index is 1.55. The van der Waals surface area contributed by atoms with Gasteiger partial charge in [-0.2, -0.15) is 4.98 Å². The molecule has 0 radical (unpaired) electrons. The Kier molecular flexibility index (Phi) is 5.20. The minimum atomic E-state index is 0.320.